The summed E-state index contributed by atoms with van der Waals surface area (Å²) in [6.45, 7) is 0. The molecule has 0 spiro atoms. The van der Waals surface area contributed by atoms with Crippen LogP contribution in [0.25, 0.3) is 88.5 Å². The Hall–Kier alpha value is -6.39. The minimum atomic E-state index is 0.900. The number of aryl methyl sites for hydroxylation is 1. The van der Waals surface area contributed by atoms with E-state index in [1.165, 1.54) is 54.8 Å². The second kappa shape index (κ2) is 10.3. The van der Waals surface area contributed by atoms with E-state index in [1.54, 1.807) is 0 Å². The first-order valence-electron chi connectivity index (χ1n) is 16.4. The monoisotopic (exact) mass is 614 g/mol. The lowest BCUT2D eigenvalue weighted by Gasteiger charge is -2.10. The van der Waals surface area contributed by atoms with Crippen LogP contribution in [0.3, 0.4) is 0 Å². The van der Waals surface area contributed by atoms with Crippen LogP contribution < -0.4 is 0 Å². The maximum Gasteiger partial charge on any atom is 0.215 e. The van der Waals surface area contributed by atoms with E-state index in [4.69, 9.17) is 4.98 Å². The molecular formula is C44H30N4. The van der Waals surface area contributed by atoms with E-state index in [9.17, 15) is 0 Å². The van der Waals surface area contributed by atoms with Crippen LogP contribution in [-0.2, 0) is 7.05 Å². The predicted octanol–water partition coefficient (Wildman–Crippen LogP) is 11.1. The molecule has 0 bridgehead atoms. The standard InChI is InChI=1S/C44H30N4/c1-46-41-20-12-11-19-38(41)45-44(46)48-40-24-22-32(30-15-7-3-8-16-30)26-35(40)37-27-36-34-25-31(29-13-5-2-6-14-29)21-23-39(34)47(42(36)28-43(37)48)33-17-9-4-10-18-33/h2-28H,1H3. The highest BCUT2D eigenvalue weighted by atomic mass is 15.2. The van der Waals surface area contributed by atoms with Gasteiger partial charge in [-0.3, -0.25) is 4.57 Å². The number of nitrogens with zero attached hydrogens (tertiary/aromatic N) is 4. The van der Waals surface area contributed by atoms with E-state index in [2.05, 4.69) is 185 Å². The van der Waals surface area contributed by atoms with Gasteiger partial charge in [-0.25, -0.2) is 4.98 Å². The average Bonchev–Trinajstić information content (AvgIpc) is 3.77. The lowest BCUT2D eigenvalue weighted by Crippen LogP contribution is -2.03. The fourth-order valence-electron chi connectivity index (χ4n) is 7.56. The highest BCUT2D eigenvalue weighted by Crippen LogP contribution is 2.41. The largest absolute Gasteiger partial charge is 0.313 e. The summed E-state index contributed by atoms with van der Waals surface area (Å²) in [5, 5.41) is 4.88. The zero-order chi connectivity index (χ0) is 31.8. The summed E-state index contributed by atoms with van der Waals surface area (Å²) < 4.78 is 6.97. The first-order chi connectivity index (χ1) is 23.7. The molecule has 3 aromatic heterocycles. The maximum atomic E-state index is 5.20. The molecule has 0 saturated heterocycles. The van der Waals surface area contributed by atoms with Crippen molar-refractivity contribution in [1.82, 2.24) is 18.7 Å². The van der Waals surface area contributed by atoms with Crippen LogP contribution in [0.5, 0.6) is 0 Å². The van der Waals surface area contributed by atoms with Crippen LogP contribution >= 0.6 is 0 Å². The quantitative estimate of drug-likeness (QED) is 0.194. The van der Waals surface area contributed by atoms with Gasteiger partial charge in [-0.15, -0.1) is 0 Å². The van der Waals surface area contributed by atoms with Gasteiger partial charge in [0.2, 0.25) is 5.95 Å². The number of para-hydroxylation sites is 3. The molecule has 0 radical (unpaired) electrons. The Bertz CT molecular complexity index is 2820. The first-order valence-corrected chi connectivity index (χ1v) is 16.4. The van der Waals surface area contributed by atoms with Gasteiger partial charge >= 0.3 is 0 Å². The van der Waals surface area contributed by atoms with Crippen molar-refractivity contribution in [3.8, 4) is 33.9 Å². The Morgan fingerprint density at radius 3 is 1.48 bits per heavy atom. The second-order valence-electron chi connectivity index (χ2n) is 12.5. The number of aromatic nitrogens is 4. The molecule has 10 rings (SSSR count). The van der Waals surface area contributed by atoms with E-state index in [0.717, 1.165) is 33.7 Å². The first kappa shape index (κ1) is 26.8. The highest BCUT2D eigenvalue weighted by Gasteiger charge is 2.21. The van der Waals surface area contributed by atoms with Crippen LogP contribution in [-0.4, -0.2) is 18.7 Å². The molecule has 0 aliphatic rings. The van der Waals surface area contributed by atoms with Crippen molar-refractivity contribution in [2.75, 3.05) is 0 Å². The molecule has 0 aliphatic carbocycles. The Morgan fingerprint density at radius 1 is 0.375 bits per heavy atom. The molecule has 0 saturated carbocycles. The molecule has 7 aromatic carbocycles. The molecule has 48 heavy (non-hydrogen) atoms. The van der Waals surface area contributed by atoms with Crippen LogP contribution in [0, 0.1) is 0 Å². The fourth-order valence-corrected chi connectivity index (χ4v) is 7.56. The fraction of sp³-hybridized carbons (Fsp3) is 0.0227. The molecule has 3 heterocycles. The van der Waals surface area contributed by atoms with Crippen molar-refractivity contribution in [1.29, 1.82) is 0 Å². The highest BCUT2D eigenvalue weighted by molar-refractivity contribution is 6.20. The van der Waals surface area contributed by atoms with Gasteiger partial charge in [0.1, 0.15) is 0 Å². The zero-order valence-electron chi connectivity index (χ0n) is 26.4. The van der Waals surface area contributed by atoms with Crippen molar-refractivity contribution >= 4 is 54.6 Å². The van der Waals surface area contributed by atoms with E-state index in [0.29, 0.717) is 0 Å². The van der Waals surface area contributed by atoms with Crippen molar-refractivity contribution in [3.63, 3.8) is 0 Å². The topological polar surface area (TPSA) is 27.7 Å². The molecule has 0 N–H and O–H groups in total. The molecule has 0 aliphatic heterocycles. The van der Waals surface area contributed by atoms with Crippen molar-refractivity contribution in [2.45, 2.75) is 0 Å². The lowest BCUT2D eigenvalue weighted by molar-refractivity contribution is 0.870. The Morgan fingerprint density at radius 2 is 0.875 bits per heavy atom. The molecule has 4 heteroatoms. The summed E-state index contributed by atoms with van der Waals surface area (Å²) in [7, 11) is 2.12. The molecule has 0 amide bonds. The van der Waals surface area contributed by atoms with Gasteiger partial charge in [-0.1, -0.05) is 103 Å². The third-order valence-corrected chi connectivity index (χ3v) is 9.84. The summed E-state index contributed by atoms with van der Waals surface area (Å²) in [6.07, 6.45) is 0. The number of hydrogen-bond donors (Lipinski definition) is 0. The maximum absolute atomic E-state index is 5.20. The predicted molar refractivity (Wildman–Crippen MR) is 200 cm³/mol. The molecule has 4 nitrogen and oxygen atoms in total. The van der Waals surface area contributed by atoms with E-state index in [-0.39, 0.29) is 0 Å². The van der Waals surface area contributed by atoms with E-state index in [1.807, 2.05) is 0 Å². The summed E-state index contributed by atoms with van der Waals surface area (Å²) in [4.78, 5) is 5.20. The SMILES string of the molecule is Cn1c(-n2c3ccc(-c4ccccc4)cc3c3cc4c5cc(-c6ccccc6)ccc5n(-c5ccccc5)c4cc32)nc2ccccc21. The molecule has 0 atom stereocenters. The lowest BCUT2D eigenvalue weighted by atomic mass is 10.0. The number of fused-ring (bicyclic) bond motifs is 7. The van der Waals surface area contributed by atoms with Gasteiger partial charge in [-0.05, 0) is 82.9 Å². The molecule has 10 aromatic rings. The van der Waals surface area contributed by atoms with Gasteiger partial charge in [0.05, 0.1) is 33.1 Å². The van der Waals surface area contributed by atoms with Crippen LogP contribution in [0.15, 0.2) is 164 Å². The van der Waals surface area contributed by atoms with Gasteiger partial charge in [0, 0.05) is 34.3 Å². The van der Waals surface area contributed by atoms with Gasteiger partial charge < -0.3 is 9.13 Å². The van der Waals surface area contributed by atoms with Crippen molar-refractivity contribution < 1.29 is 0 Å². The summed E-state index contributed by atoms with van der Waals surface area (Å²) >= 11 is 0. The Balaban J connectivity index is 1.36. The Labute approximate surface area is 277 Å². The molecule has 0 fully saturated rings. The summed E-state index contributed by atoms with van der Waals surface area (Å²) in [6, 6.07) is 58.9. The van der Waals surface area contributed by atoms with Gasteiger partial charge in [0.15, 0.2) is 0 Å². The Kier molecular flexibility index (Phi) is 5.75. The van der Waals surface area contributed by atoms with Crippen molar-refractivity contribution in [3.05, 3.63) is 164 Å². The number of hydrogen-bond acceptors (Lipinski definition) is 1. The molecule has 226 valence electrons. The normalized spacial score (nSPS) is 11.9. The third-order valence-electron chi connectivity index (χ3n) is 9.84. The van der Waals surface area contributed by atoms with Gasteiger partial charge in [-0.2, -0.15) is 0 Å². The number of rotatable bonds is 4. The smallest absolute Gasteiger partial charge is 0.215 e. The average molecular weight is 615 g/mol. The van der Waals surface area contributed by atoms with E-state index < -0.39 is 0 Å². The summed E-state index contributed by atoms with van der Waals surface area (Å²) in [5.74, 6) is 0.900. The number of benzene rings is 7. The van der Waals surface area contributed by atoms with Crippen molar-refractivity contribution in [2.24, 2.45) is 7.05 Å². The third kappa shape index (κ3) is 3.93. The van der Waals surface area contributed by atoms with E-state index >= 15 is 0 Å². The summed E-state index contributed by atoms with van der Waals surface area (Å²) in [5.41, 5.74) is 12.7. The molecular weight excluding hydrogens is 585 g/mol. The zero-order valence-corrected chi connectivity index (χ0v) is 26.4. The van der Waals surface area contributed by atoms with Crippen LogP contribution in [0.2, 0.25) is 0 Å². The number of imidazole rings is 1. The minimum Gasteiger partial charge on any atom is -0.313 e. The van der Waals surface area contributed by atoms with Crippen LogP contribution in [0.4, 0.5) is 0 Å². The molecule has 0 unspecified atom stereocenters. The second-order valence-corrected chi connectivity index (χ2v) is 12.5. The van der Waals surface area contributed by atoms with Gasteiger partial charge in [0.25, 0.3) is 0 Å². The minimum absolute atomic E-state index is 0.900. The van der Waals surface area contributed by atoms with Crippen LogP contribution in [0.1, 0.15) is 0 Å².